The van der Waals surface area contributed by atoms with Gasteiger partial charge >= 0.3 is 0 Å². The third-order valence-corrected chi connectivity index (χ3v) is 2.91. The summed E-state index contributed by atoms with van der Waals surface area (Å²) >= 11 is 0. The minimum Gasteiger partial charge on any atom is -0.506 e. The number of nitrogens with one attached hydrogen (secondary N) is 1. The van der Waals surface area contributed by atoms with E-state index in [-0.39, 0.29) is 5.75 Å². The summed E-state index contributed by atoms with van der Waals surface area (Å²) < 4.78 is 0. The zero-order valence-electron chi connectivity index (χ0n) is 10.8. The van der Waals surface area contributed by atoms with E-state index in [1.807, 2.05) is 19.1 Å². The Morgan fingerprint density at radius 2 is 1.83 bits per heavy atom. The first-order chi connectivity index (χ1) is 8.69. The average molecular weight is 242 g/mol. The lowest BCUT2D eigenvalue weighted by molar-refractivity contribution is 0.464. The molecular weight excluding hydrogens is 224 g/mol. The van der Waals surface area contributed by atoms with Crippen LogP contribution in [-0.4, -0.2) is 10.1 Å². The molecule has 0 bridgehead atoms. The first-order valence-corrected chi connectivity index (χ1v) is 6.17. The molecule has 0 saturated heterocycles. The maximum absolute atomic E-state index is 9.69. The highest BCUT2D eigenvalue weighted by atomic mass is 16.3. The molecule has 3 heteroatoms. The second-order valence-electron chi connectivity index (χ2n) is 4.32. The zero-order valence-corrected chi connectivity index (χ0v) is 10.8. The minimum atomic E-state index is 0.235. The van der Waals surface area contributed by atoms with E-state index in [1.165, 1.54) is 5.56 Å². The molecule has 0 aliphatic carbocycles. The minimum absolute atomic E-state index is 0.235. The van der Waals surface area contributed by atoms with Gasteiger partial charge in [-0.3, -0.25) is 4.98 Å². The number of anilines is 1. The van der Waals surface area contributed by atoms with Crippen LogP contribution in [0.25, 0.3) is 0 Å². The van der Waals surface area contributed by atoms with E-state index in [2.05, 4.69) is 29.4 Å². The predicted molar refractivity (Wildman–Crippen MR) is 73.8 cm³/mol. The molecule has 1 heterocycles. The van der Waals surface area contributed by atoms with Crippen molar-refractivity contribution in [2.24, 2.45) is 0 Å². The topological polar surface area (TPSA) is 45.2 Å². The van der Waals surface area contributed by atoms with Gasteiger partial charge in [-0.05, 0) is 43.2 Å². The van der Waals surface area contributed by atoms with Crippen LogP contribution in [0.1, 0.15) is 23.9 Å². The summed E-state index contributed by atoms with van der Waals surface area (Å²) in [5.74, 6) is 0.235. The number of aromatic hydroxyl groups is 1. The second-order valence-corrected chi connectivity index (χ2v) is 4.32. The largest absolute Gasteiger partial charge is 0.506 e. The van der Waals surface area contributed by atoms with E-state index in [0.717, 1.165) is 17.8 Å². The predicted octanol–water partition coefficient (Wildman–Crippen LogP) is 3.27. The molecule has 2 rings (SSSR count). The van der Waals surface area contributed by atoms with Crippen molar-refractivity contribution in [3.8, 4) is 5.75 Å². The number of nitrogens with zero attached hydrogens (tertiary/aromatic N) is 1. The Balaban J connectivity index is 2.04. The molecule has 0 amide bonds. The fourth-order valence-corrected chi connectivity index (χ4v) is 1.78. The van der Waals surface area contributed by atoms with Crippen molar-refractivity contribution in [1.82, 2.24) is 4.98 Å². The molecule has 18 heavy (non-hydrogen) atoms. The molecular formula is C15H18N2O. The summed E-state index contributed by atoms with van der Waals surface area (Å²) in [6.07, 6.45) is 1.04. The van der Waals surface area contributed by atoms with Gasteiger partial charge < -0.3 is 10.4 Å². The zero-order chi connectivity index (χ0) is 13.0. The maximum atomic E-state index is 9.69. The van der Waals surface area contributed by atoms with Crippen LogP contribution >= 0.6 is 0 Å². The molecule has 0 unspecified atom stereocenters. The number of hydrogen-bond donors (Lipinski definition) is 2. The van der Waals surface area contributed by atoms with Crippen LogP contribution in [0, 0.1) is 6.92 Å². The summed E-state index contributed by atoms with van der Waals surface area (Å²) in [7, 11) is 0. The Morgan fingerprint density at radius 1 is 1.11 bits per heavy atom. The molecule has 1 aromatic heterocycles. The highest BCUT2D eigenvalue weighted by molar-refractivity contribution is 5.45. The van der Waals surface area contributed by atoms with E-state index >= 15 is 0 Å². The van der Waals surface area contributed by atoms with Gasteiger partial charge in [0.05, 0.1) is 6.54 Å². The van der Waals surface area contributed by atoms with Gasteiger partial charge in [0.25, 0.3) is 0 Å². The standard InChI is InChI=1S/C15H18N2O/c1-3-12-5-7-13(8-6-12)16-10-14-15(18)9-4-11(2)17-14/h4-9,16,18H,3,10H2,1-2H3. The molecule has 0 spiro atoms. The van der Waals surface area contributed by atoms with Crippen LogP contribution < -0.4 is 5.32 Å². The van der Waals surface area contributed by atoms with Gasteiger partial charge in [-0.25, -0.2) is 0 Å². The van der Waals surface area contributed by atoms with Gasteiger partial charge in [0, 0.05) is 11.4 Å². The smallest absolute Gasteiger partial charge is 0.138 e. The number of rotatable bonds is 4. The molecule has 3 nitrogen and oxygen atoms in total. The van der Waals surface area contributed by atoms with Crippen LogP contribution in [0.2, 0.25) is 0 Å². The summed E-state index contributed by atoms with van der Waals surface area (Å²) in [5, 5.41) is 13.0. The Hall–Kier alpha value is -2.03. The van der Waals surface area contributed by atoms with E-state index < -0.39 is 0 Å². The summed E-state index contributed by atoms with van der Waals surface area (Å²) in [5.41, 5.74) is 3.94. The summed E-state index contributed by atoms with van der Waals surface area (Å²) in [6, 6.07) is 11.8. The van der Waals surface area contributed by atoms with Gasteiger partial charge in [0.1, 0.15) is 11.4 Å². The van der Waals surface area contributed by atoms with Gasteiger partial charge in [-0.15, -0.1) is 0 Å². The van der Waals surface area contributed by atoms with Gasteiger partial charge in [0.15, 0.2) is 0 Å². The SMILES string of the molecule is CCc1ccc(NCc2nc(C)ccc2O)cc1. The van der Waals surface area contributed by atoms with E-state index in [1.54, 1.807) is 12.1 Å². The Kier molecular flexibility index (Phi) is 3.82. The van der Waals surface area contributed by atoms with E-state index in [0.29, 0.717) is 12.2 Å². The van der Waals surface area contributed by atoms with Crippen molar-refractivity contribution in [2.75, 3.05) is 5.32 Å². The summed E-state index contributed by atoms with van der Waals surface area (Å²) in [6.45, 7) is 4.58. The van der Waals surface area contributed by atoms with Crippen molar-refractivity contribution in [1.29, 1.82) is 0 Å². The van der Waals surface area contributed by atoms with Gasteiger partial charge in [-0.1, -0.05) is 19.1 Å². The van der Waals surface area contributed by atoms with E-state index in [9.17, 15) is 5.11 Å². The van der Waals surface area contributed by atoms with Crippen molar-refractivity contribution in [3.05, 3.63) is 53.3 Å². The number of aromatic nitrogens is 1. The third kappa shape index (κ3) is 3.00. The van der Waals surface area contributed by atoms with E-state index in [4.69, 9.17) is 0 Å². The van der Waals surface area contributed by atoms with Gasteiger partial charge in [0.2, 0.25) is 0 Å². The maximum Gasteiger partial charge on any atom is 0.138 e. The van der Waals surface area contributed by atoms with Crippen LogP contribution in [0.4, 0.5) is 5.69 Å². The number of benzene rings is 1. The van der Waals surface area contributed by atoms with Gasteiger partial charge in [-0.2, -0.15) is 0 Å². The lowest BCUT2D eigenvalue weighted by atomic mass is 10.1. The van der Waals surface area contributed by atoms with Crippen molar-refractivity contribution in [2.45, 2.75) is 26.8 Å². The molecule has 94 valence electrons. The van der Waals surface area contributed by atoms with Crippen molar-refractivity contribution >= 4 is 5.69 Å². The molecule has 0 aliphatic heterocycles. The molecule has 2 N–H and O–H groups in total. The van der Waals surface area contributed by atoms with Crippen LogP contribution in [0.5, 0.6) is 5.75 Å². The molecule has 0 radical (unpaired) electrons. The number of aryl methyl sites for hydroxylation is 2. The molecule has 0 saturated carbocycles. The fourth-order valence-electron chi connectivity index (χ4n) is 1.78. The Bertz CT molecular complexity index is 521. The highest BCUT2D eigenvalue weighted by Gasteiger charge is 2.02. The first-order valence-electron chi connectivity index (χ1n) is 6.17. The Morgan fingerprint density at radius 3 is 2.50 bits per heavy atom. The number of hydrogen-bond acceptors (Lipinski definition) is 3. The number of pyridine rings is 1. The van der Waals surface area contributed by atoms with Crippen LogP contribution in [0.15, 0.2) is 36.4 Å². The molecule has 2 aromatic rings. The quantitative estimate of drug-likeness (QED) is 0.865. The first kappa shape index (κ1) is 12.4. The molecule has 0 atom stereocenters. The average Bonchev–Trinajstić information content (AvgIpc) is 2.40. The summed E-state index contributed by atoms with van der Waals surface area (Å²) in [4.78, 5) is 4.31. The lowest BCUT2D eigenvalue weighted by Crippen LogP contribution is -2.02. The second kappa shape index (κ2) is 5.54. The molecule has 0 fully saturated rings. The highest BCUT2D eigenvalue weighted by Crippen LogP contribution is 2.17. The molecule has 0 aliphatic rings. The lowest BCUT2D eigenvalue weighted by Gasteiger charge is -2.08. The normalized spacial score (nSPS) is 10.3. The van der Waals surface area contributed by atoms with Crippen molar-refractivity contribution < 1.29 is 5.11 Å². The van der Waals surface area contributed by atoms with Crippen molar-refractivity contribution in [3.63, 3.8) is 0 Å². The Labute approximate surface area is 108 Å². The van der Waals surface area contributed by atoms with Crippen LogP contribution in [-0.2, 0) is 13.0 Å². The van der Waals surface area contributed by atoms with Crippen LogP contribution in [0.3, 0.4) is 0 Å². The molecule has 1 aromatic carbocycles. The third-order valence-electron chi connectivity index (χ3n) is 2.91. The fraction of sp³-hybridized carbons (Fsp3) is 0.267. The monoisotopic (exact) mass is 242 g/mol.